The largest absolute Gasteiger partial charge is 0.370 e. The smallest absolute Gasteiger partial charge is 0.268 e. The first kappa shape index (κ1) is 22.7. The Kier molecular flexibility index (Phi) is 5.73. The summed E-state index contributed by atoms with van der Waals surface area (Å²) in [6.45, 7) is 3.41. The molecule has 3 aliphatic rings. The van der Waals surface area contributed by atoms with Gasteiger partial charge in [-0.2, -0.15) is 4.39 Å². The van der Waals surface area contributed by atoms with Crippen molar-refractivity contribution in [3.63, 3.8) is 0 Å². The van der Waals surface area contributed by atoms with Gasteiger partial charge >= 0.3 is 0 Å². The molecule has 1 unspecified atom stereocenters. The Morgan fingerprint density at radius 2 is 1.88 bits per heavy atom. The van der Waals surface area contributed by atoms with Gasteiger partial charge in [-0.05, 0) is 57.3 Å². The number of halogens is 4. The molecule has 0 amide bonds. The lowest BCUT2D eigenvalue weighted by atomic mass is 9.63. The summed E-state index contributed by atoms with van der Waals surface area (Å²) < 4.78 is 70.6. The number of nitrogens with zero attached hydrogens (tertiary/aromatic N) is 3. The number of anilines is 2. The third kappa shape index (κ3) is 3.95. The third-order valence-corrected chi connectivity index (χ3v) is 9.00. The fourth-order valence-electron chi connectivity index (χ4n) is 5.58. The van der Waals surface area contributed by atoms with Crippen LogP contribution in [0.25, 0.3) is 0 Å². The lowest BCUT2D eigenvalue weighted by molar-refractivity contribution is 0.00199. The summed E-state index contributed by atoms with van der Waals surface area (Å²) in [5.41, 5.74) is 0.231. The van der Waals surface area contributed by atoms with E-state index < -0.39 is 43.3 Å². The number of rotatable bonds is 5. The van der Waals surface area contributed by atoms with E-state index in [0.29, 0.717) is 19.1 Å². The first-order valence-electron chi connectivity index (χ1n) is 11.0. The van der Waals surface area contributed by atoms with E-state index in [1.165, 1.54) is 25.0 Å². The zero-order chi connectivity index (χ0) is 23.4. The average molecular weight is 501 g/mol. The number of hydrogen-bond donors (Lipinski definition) is 1. The third-order valence-electron chi connectivity index (χ3n) is 7.25. The molecule has 33 heavy (non-hydrogen) atoms. The fourth-order valence-corrected chi connectivity index (χ4v) is 7.05. The molecule has 11 heteroatoms. The van der Waals surface area contributed by atoms with Crippen molar-refractivity contribution in [1.82, 2.24) is 9.88 Å². The predicted octanol–water partition coefficient (Wildman–Crippen LogP) is 4.41. The molecule has 1 saturated carbocycles. The van der Waals surface area contributed by atoms with Crippen molar-refractivity contribution < 1.29 is 21.6 Å². The van der Waals surface area contributed by atoms with Crippen LogP contribution in [0.4, 0.5) is 24.7 Å². The number of benzene rings is 1. The van der Waals surface area contributed by atoms with Gasteiger partial charge in [0.15, 0.2) is 10.7 Å². The second-order valence-electron chi connectivity index (χ2n) is 9.12. The van der Waals surface area contributed by atoms with Gasteiger partial charge in [0.25, 0.3) is 10.0 Å². The lowest BCUT2D eigenvalue weighted by Crippen LogP contribution is -2.55. The Balaban J connectivity index is 1.41. The Morgan fingerprint density at radius 1 is 1.12 bits per heavy atom. The molecule has 3 fully saturated rings. The highest BCUT2D eigenvalue weighted by molar-refractivity contribution is 7.92. The monoisotopic (exact) mass is 500 g/mol. The molecule has 0 bridgehead atoms. The summed E-state index contributed by atoms with van der Waals surface area (Å²) >= 11 is 6.24. The zero-order valence-corrected chi connectivity index (χ0v) is 19.4. The van der Waals surface area contributed by atoms with Crippen molar-refractivity contribution in [2.45, 2.75) is 43.0 Å². The molecule has 1 aromatic heterocycles. The number of aromatic nitrogens is 1. The minimum absolute atomic E-state index is 0.0793. The quantitative estimate of drug-likeness (QED) is 0.486. The molecule has 0 radical (unpaired) electrons. The van der Waals surface area contributed by atoms with Crippen LogP contribution in [-0.4, -0.2) is 50.5 Å². The minimum atomic E-state index is -4.73. The minimum Gasteiger partial charge on any atom is -0.370 e. The van der Waals surface area contributed by atoms with Gasteiger partial charge in [-0.1, -0.05) is 17.7 Å². The van der Waals surface area contributed by atoms with Gasteiger partial charge in [-0.3, -0.25) is 9.62 Å². The van der Waals surface area contributed by atoms with E-state index in [0.717, 1.165) is 44.5 Å². The van der Waals surface area contributed by atoms with Crippen LogP contribution >= 0.6 is 11.6 Å². The van der Waals surface area contributed by atoms with Crippen molar-refractivity contribution in [2.75, 3.05) is 35.8 Å². The van der Waals surface area contributed by atoms with Gasteiger partial charge < -0.3 is 4.90 Å². The summed E-state index contributed by atoms with van der Waals surface area (Å²) in [6, 6.07) is 4.86. The molecular formula is C22H24ClF3N4O2S. The molecular weight excluding hydrogens is 477 g/mol. The van der Waals surface area contributed by atoms with Crippen molar-refractivity contribution >= 4 is 33.1 Å². The van der Waals surface area contributed by atoms with E-state index in [1.54, 1.807) is 0 Å². The van der Waals surface area contributed by atoms with E-state index in [-0.39, 0.29) is 11.1 Å². The summed E-state index contributed by atoms with van der Waals surface area (Å²) in [7, 11) is -4.73. The number of likely N-dealkylation sites (tertiary alicyclic amines) is 1. The Bertz CT molecular complexity index is 1190. The lowest BCUT2D eigenvalue weighted by Gasteiger charge is -2.51. The highest BCUT2D eigenvalue weighted by Crippen LogP contribution is 2.53. The van der Waals surface area contributed by atoms with Gasteiger partial charge in [-0.15, -0.1) is 0 Å². The second kappa shape index (κ2) is 8.32. The standard InChI is InChI=1S/C22H24ClF3N4O2S/c23-19-15(30-11-8-22(13-30)7-6-16(22)29-9-1-2-10-29)12-14(24)21(20(19)26)33(31,32)28-18-5-3-4-17(25)27-18/h3-5,12,16H,1-2,6-11,13H2,(H,27,28)/t16?,22-/m0/s1. The van der Waals surface area contributed by atoms with Crippen molar-refractivity contribution in [2.24, 2.45) is 5.41 Å². The number of nitrogens with one attached hydrogen (secondary N) is 1. The van der Waals surface area contributed by atoms with E-state index in [9.17, 15) is 17.2 Å². The van der Waals surface area contributed by atoms with Crippen LogP contribution in [0, 0.1) is 23.0 Å². The summed E-state index contributed by atoms with van der Waals surface area (Å²) in [4.78, 5) is 6.54. The molecule has 2 aromatic rings. The predicted molar refractivity (Wildman–Crippen MR) is 119 cm³/mol. The van der Waals surface area contributed by atoms with Crippen LogP contribution in [-0.2, 0) is 10.0 Å². The number of sulfonamides is 1. The molecule has 2 saturated heterocycles. The zero-order valence-electron chi connectivity index (χ0n) is 17.8. The second-order valence-corrected chi connectivity index (χ2v) is 11.1. The topological polar surface area (TPSA) is 65.5 Å². The summed E-state index contributed by atoms with van der Waals surface area (Å²) in [5, 5.41) is -0.446. The molecule has 1 aromatic carbocycles. The van der Waals surface area contributed by atoms with Crippen LogP contribution in [0.3, 0.4) is 0 Å². The molecule has 5 rings (SSSR count). The fraction of sp³-hybridized carbons (Fsp3) is 0.500. The van der Waals surface area contributed by atoms with E-state index in [1.807, 2.05) is 9.62 Å². The maximum Gasteiger partial charge on any atom is 0.268 e. The first-order chi connectivity index (χ1) is 15.7. The van der Waals surface area contributed by atoms with Gasteiger partial charge in [0, 0.05) is 30.6 Å². The van der Waals surface area contributed by atoms with Crippen LogP contribution in [0.5, 0.6) is 0 Å². The molecule has 178 valence electrons. The summed E-state index contributed by atoms with van der Waals surface area (Å²) in [5.74, 6) is -3.97. The molecule has 2 atom stereocenters. The van der Waals surface area contributed by atoms with Gasteiger partial charge in [-0.25, -0.2) is 22.2 Å². The van der Waals surface area contributed by atoms with Crippen LogP contribution < -0.4 is 9.62 Å². The normalized spacial score (nSPS) is 25.6. The van der Waals surface area contributed by atoms with E-state index >= 15 is 4.39 Å². The molecule has 2 aliphatic heterocycles. The van der Waals surface area contributed by atoms with E-state index in [4.69, 9.17) is 11.6 Å². The molecule has 3 heterocycles. The maximum atomic E-state index is 15.1. The molecule has 1 spiro atoms. The molecule has 6 nitrogen and oxygen atoms in total. The van der Waals surface area contributed by atoms with Crippen molar-refractivity contribution in [1.29, 1.82) is 0 Å². The number of pyridine rings is 1. The maximum absolute atomic E-state index is 15.1. The first-order valence-corrected chi connectivity index (χ1v) is 12.9. The van der Waals surface area contributed by atoms with Gasteiger partial charge in [0.05, 0.1) is 5.69 Å². The Labute approximate surface area is 195 Å². The Hall–Kier alpha value is -2.04. The number of hydrogen-bond acceptors (Lipinski definition) is 5. The summed E-state index contributed by atoms with van der Waals surface area (Å²) in [6.07, 6.45) is 5.49. The van der Waals surface area contributed by atoms with E-state index in [2.05, 4.69) is 9.88 Å². The van der Waals surface area contributed by atoms with Gasteiger partial charge in [0.1, 0.15) is 16.7 Å². The SMILES string of the molecule is O=S(=O)(Nc1cccc(F)n1)c1c(F)cc(N2CC[C@@]3(CCC3N3CCCC3)C2)c(Cl)c1F. The van der Waals surface area contributed by atoms with Crippen molar-refractivity contribution in [3.05, 3.63) is 46.9 Å². The van der Waals surface area contributed by atoms with Crippen LogP contribution in [0.2, 0.25) is 5.02 Å². The van der Waals surface area contributed by atoms with Crippen molar-refractivity contribution in [3.8, 4) is 0 Å². The Morgan fingerprint density at radius 3 is 2.55 bits per heavy atom. The average Bonchev–Trinajstić information content (AvgIpc) is 3.41. The highest BCUT2D eigenvalue weighted by Gasteiger charge is 2.53. The van der Waals surface area contributed by atoms with Crippen LogP contribution in [0.15, 0.2) is 29.2 Å². The molecule has 1 N–H and O–H groups in total. The van der Waals surface area contributed by atoms with Crippen LogP contribution in [0.1, 0.15) is 32.1 Å². The highest BCUT2D eigenvalue weighted by atomic mass is 35.5. The molecule has 1 aliphatic carbocycles. The van der Waals surface area contributed by atoms with Gasteiger partial charge in [0.2, 0.25) is 5.95 Å².